The lowest BCUT2D eigenvalue weighted by Crippen LogP contribution is -2.38. The first-order valence-electron chi connectivity index (χ1n) is 11.7. The van der Waals surface area contributed by atoms with E-state index in [4.69, 9.17) is 9.47 Å². The van der Waals surface area contributed by atoms with Crippen molar-refractivity contribution < 1.29 is 19.1 Å². The Kier molecular flexibility index (Phi) is 7.80. The van der Waals surface area contributed by atoms with E-state index in [1.165, 1.54) is 0 Å². The second-order valence-corrected chi connectivity index (χ2v) is 8.21. The van der Waals surface area contributed by atoms with Crippen molar-refractivity contribution in [2.45, 2.75) is 32.7 Å². The first-order valence-corrected chi connectivity index (χ1v) is 11.7. The highest BCUT2D eigenvalue weighted by molar-refractivity contribution is 6.04. The van der Waals surface area contributed by atoms with Crippen LogP contribution in [0.3, 0.4) is 0 Å². The predicted molar refractivity (Wildman–Crippen MR) is 129 cm³/mol. The molecular formula is C26H30N4O4. The second kappa shape index (κ2) is 11.4. The van der Waals surface area contributed by atoms with E-state index in [2.05, 4.69) is 10.3 Å². The maximum absolute atomic E-state index is 12.9. The topological polar surface area (TPSA) is 85.7 Å². The number of amides is 2. The van der Waals surface area contributed by atoms with Crippen molar-refractivity contribution in [3.8, 4) is 11.5 Å². The normalized spacial score (nSPS) is 13.4. The summed E-state index contributed by atoms with van der Waals surface area (Å²) in [5.41, 5.74) is 2.19. The second-order valence-electron chi connectivity index (χ2n) is 8.21. The third-order valence-electron chi connectivity index (χ3n) is 5.67. The Morgan fingerprint density at radius 2 is 1.88 bits per heavy atom. The fraction of sp³-hybridized carbons (Fsp3) is 0.346. The SMILES string of the molecule is CCOc1cc(C(=O)Nc2cccc(Cn3ccnc3)c2)ccc1OCC(=O)N1CCCCC1. The number of ether oxygens (including phenoxy) is 2. The molecule has 1 fully saturated rings. The summed E-state index contributed by atoms with van der Waals surface area (Å²) in [5, 5.41) is 2.94. The van der Waals surface area contributed by atoms with E-state index in [0.29, 0.717) is 35.9 Å². The van der Waals surface area contributed by atoms with Crippen LogP contribution in [0.4, 0.5) is 5.69 Å². The van der Waals surface area contributed by atoms with Gasteiger partial charge in [-0.2, -0.15) is 0 Å². The van der Waals surface area contributed by atoms with E-state index in [9.17, 15) is 9.59 Å². The van der Waals surface area contributed by atoms with Gasteiger partial charge in [0.05, 0.1) is 12.9 Å². The number of likely N-dealkylation sites (tertiary alicyclic amines) is 1. The van der Waals surface area contributed by atoms with Crippen LogP contribution in [0.1, 0.15) is 42.1 Å². The van der Waals surface area contributed by atoms with E-state index in [-0.39, 0.29) is 18.4 Å². The molecule has 0 unspecified atom stereocenters. The van der Waals surface area contributed by atoms with Gasteiger partial charge in [0, 0.05) is 43.3 Å². The van der Waals surface area contributed by atoms with Gasteiger partial charge in [-0.3, -0.25) is 9.59 Å². The van der Waals surface area contributed by atoms with Gasteiger partial charge in [0.25, 0.3) is 11.8 Å². The zero-order valence-corrected chi connectivity index (χ0v) is 19.4. The van der Waals surface area contributed by atoms with E-state index in [0.717, 1.165) is 37.9 Å². The predicted octanol–water partition coefficient (Wildman–Crippen LogP) is 3.97. The third-order valence-corrected chi connectivity index (χ3v) is 5.67. The highest BCUT2D eigenvalue weighted by Crippen LogP contribution is 2.29. The molecule has 1 aromatic heterocycles. The van der Waals surface area contributed by atoms with Crippen LogP contribution >= 0.6 is 0 Å². The minimum absolute atomic E-state index is 0.0282. The Labute approximate surface area is 199 Å². The number of rotatable bonds is 9. The fourth-order valence-electron chi connectivity index (χ4n) is 3.95. The summed E-state index contributed by atoms with van der Waals surface area (Å²) in [4.78, 5) is 31.2. The number of hydrogen-bond acceptors (Lipinski definition) is 5. The molecule has 2 heterocycles. The molecule has 8 nitrogen and oxygen atoms in total. The molecule has 0 saturated carbocycles. The molecule has 8 heteroatoms. The smallest absolute Gasteiger partial charge is 0.260 e. The van der Waals surface area contributed by atoms with Crippen LogP contribution in [0.25, 0.3) is 0 Å². The number of carbonyl (C=O) groups excluding carboxylic acids is 2. The molecule has 1 aliphatic rings. The zero-order chi connectivity index (χ0) is 23.8. The average Bonchev–Trinajstić information content (AvgIpc) is 3.37. The number of anilines is 1. The van der Waals surface area contributed by atoms with Crippen molar-refractivity contribution in [3.63, 3.8) is 0 Å². The van der Waals surface area contributed by atoms with Crippen molar-refractivity contribution in [3.05, 3.63) is 72.3 Å². The van der Waals surface area contributed by atoms with Gasteiger partial charge in [0.1, 0.15) is 0 Å². The summed E-state index contributed by atoms with van der Waals surface area (Å²) in [6.07, 6.45) is 8.61. The molecule has 2 amide bonds. The molecule has 0 aliphatic carbocycles. The lowest BCUT2D eigenvalue weighted by atomic mass is 10.1. The van der Waals surface area contributed by atoms with E-state index < -0.39 is 0 Å². The Morgan fingerprint density at radius 3 is 2.65 bits per heavy atom. The van der Waals surface area contributed by atoms with Crippen molar-refractivity contribution >= 4 is 17.5 Å². The molecule has 0 spiro atoms. The van der Waals surface area contributed by atoms with Crippen molar-refractivity contribution in [2.75, 3.05) is 31.6 Å². The van der Waals surface area contributed by atoms with Crippen LogP contribution in [-0.4, -0.2) is 52.6 Å². The Morgan fingerprint density at radius 1 is 1.03 bits per heavy atom. The van der Waals surface area contributed by atoms with Crippen LogP contribution in [-0.2, 0) is 11.3 Å². The summed E-state index contributed by atoms with van der Waals surface area (Å²) in [7, 11) is 0. The maximum atomic E-state index is 12.9. The van der Waals surface area contributed by atoms with E-state index in [1.807, 2.05) is 46.9 Å². The number of nitrogens with one attached hydrogen (secondary N) is 1. The van der Waals surface area contributed by atoms with Crippen LogP contribution in [0.5, 0.6) is 11.5 Å². The van der Waals surface area contributed by atoms with E-state index >= 15 is 0 Å². The number of hydrogen-bond donors (Lipinski definition) is 1. The average molecular weight is 463 g/mol. The van der Waals surface area contributed by atoms with Gasteiger partial charge >= 0.3 is 0 Å². The zero-order valence-electron chi connectivity index (χ0n) is 19.4. The third kappa shape index (κ3) is 6.15. The van der Waals surface area contributed by atoms with Gasteiger partial charge in [0.15, 0.2) is 18.1 Å². The monoisotopic (exact) mass is 462 g/mol. The molecule has 0 radical (unpaired) electrons. The van der Waals surface area contributed by atoms with Crippen molar-refractivity contribution in [2.24, 2.45) is 0 Å². The van der Waals surface area contributed by atoms with Crippen LogP contribution in [0, 0.1) is 0 Å². The van der Waals surface area contributed by atoms with Crippen LogP contribution in [0.2, 0.25) is 0 Å². The molecule has 3 aromatic rings. The number of nitrogens with zero attached hydrogens (tertiary/aromatic N) is 3. The van der Waals surface area contributed by atoms with Gasteiger partial charge in [-0.05, 0) is 62.1 Å². The highest BCUT2D eigenvalue weighted by atomic mass is 16.5. The summed E-state index contributed by atoms with van der Waals surface area (Å²) >= 11 is 0. The fourth-order valence-corrected chi connectivity index (χ4v) is 3.95. The van der Waals surface area contributed by atoms with Gasteiger partial charge < -0.3 is 24.3 Å². The summed E-state index contributed by atoms with van der Waals surface area (Å²) in [5.74, 6) is 0.609. The molecular weight excluding hydrogens is 432 g/mol. The van der Waals surface area contributed by atoms with Gasteiger partial charge in [0.2, 0.25) is 0 Å². The minimum atomic E-state index is -0.253. The summed E-state index contributed by atoms with van der Waals surface area (Å²) < 4.78 is 13.4. The summed E-state index contributed by atoms with van der Waals surface area (Å²) in [6, 6.07) is 12.7. The van der Waals surface area contributed by atoms with Crippen LogP contribution < -0.4 is 14.8 Å². The highest BCUT2D eigenvalue weighted by Gasteiger charge is 2.18. The van der Waals surface area contributed by atoms with Crippen molar-refractivity contribution in [1.29, 1.82) is 0 Å². The molecule has 1 N–H and O–H groups in total. The number of piperidine rings is 1. The molecule has 4 rings (SSSR count). The number of aromatic nitrogens is 2. The quantitative estimate of drug-likeness (QED) is 0.520. The lowest BCUT2D eigenvalue weighted by molar-refractivity contribution is -0.134. The van der Waals surface area contributed by atoms with Crippen LogP contribution in [0.15, 0.2) is 61.2 Å². The first kappa shape index (κ1) is 23.4. The van der Waals surface area contributed by atoms with Gasteiger partial charge in [-0.15, -0.1) is 0 Å². The molecule has 2 aromatic carbocycles. The molecule has 34 heavy (non-hydrogen) atoms. The Bertz CT molecular complexity index is 1110. The minimum Gasteiger partial charge on any atom is -0.490 e. The largest absolute Gasteiger partial charge is 0.490 e. The number of imidazole rings is 1. The van der Waals surface area contributed by atoms with Crippen molar-refractivity contribution in [1.82, 2.24) is 14.5 Å². The lowest BCUT2D eigenvalue weighted by Gasteiger charge is -2.26. The van der Waals surface area contributed by atoms with E-state index in [1.54, 1.807) is 30.7 Å². The van der Waals surface area contributed by atoms with Gasteiger partial charge in [-0.1, -0.05) is 12.1 Å². The Hall–Kier alpha value is -3.81. The molecule has 1 saturated heterocycles. The number of carbonyl (C=O) groups is 2. The molecule has 0 atom stereocenters. The molecule has 0 bridgehead atoms. The number of benzene rings is 2. The molecule has 178 valence electrons. The Balaban J connectivity index is 1.40. The summed E-state index contributed by atoms with van der Waals surface area (Å²) in [6.45, 7) is 4.46. The maximum Gasteiger partial charge on any atom is 0.260 e. The van der Waals surface area contributed by atoms with Gasteiger partial charge in [-0.25, -0.2) is 4.98 Å². The first-order chi connectivity index (χ1) is 16.6. The molecule has 1 aliphatic heterocycles. The standard InChI is InChI=1S/C26H30N4O4/c1-2-33-24-16-21(9-10-23(24)34-18-25(31)30-12-4-3-5-13-30)26(32)28-22-8-6-7-20(15-22)17-29-14-11-27-19-29/h6-11,14-16,19H,2-5,12-13,17-18H2,1H3,(H,28,32).